The number of fused-ring (bicyclic) bond motifs is 1. The van der Waals surface area contributed by atoms with Gasteiger partial charge in [-0.25, -0.2) is 17.5 Å². The van der Waals surface area contributed by atoms with E-state index >= 15 is 0 Å². The van der Waals surface area contributed by atoms with Crippen LogP contribution in [-0.2, 0) is 15.4 Å². The molecule has 1 heterocycles. The van der Waals surface area contributed by atoms with E-state index in [0.717, 1.165) is 29.3 Å². The van der Waals surface area contributed by atoms with Crippen LogP contribution in [0, 0.1) is 5.82 Å². The molecule has 1 saturated carbocycles. The Labute approximate surface area is 139 Å². The fourth-order valence-electron chi connectivity index (χ4n) is 3.14. The molecule has 1 fully saturated rings. The van der Waals surface area contributed by atoms with Crippen LogP contribution in [0.1, 0.15) is 18.4 Å². The van der Waals surface area contributed by atoms with Crippen molar-refractivity contribution in [2.24, 2.45) is 0 Å². The van der Waals surface area contributed by atoms with Crippen LogP contribution in [0.2, 0.25) is 0 Å². The van der Waals surface area contributed by atoms with Crippen LogP contribution >= 0.6 is 0 Å². The Bertz CT molecular complexity index is 992. The van der Waals surface area contributed by atoms with E-state index in [1.165, 1.54) is 12.1 Å². The van der Waals surface area contributed by atoms with E-state index < -0.39 is 10.0 Å². The number of nitrogens with one attached hydrogen (secondary N) is 2. The molecule has 4 nitrogen and oxygen atoms in total. The van der Waals surface area contributed by atoms with Crippen LogP contribution in [0.15, 0.2) is 59.6 Å². The number of H-pyrrole nitrogens is 1. The summed E-state index contributed by atoms with van der Waals surface area (Å²) in [5.74, 6) is -0.288. The monoisotopic (exact) mass is 344 g/mol. The van der Waals surface area contributed by atoms with Gasteiger partial charge in [0, 0.05) is 29.1 Å². The van der Waals surface area contributed by atoms with Crippen LogP contribution in [0.5, 0.6) is 0 Å². The summed E-state index contributed by atoms with van der Waals surface area (Å²) in [6, 6.07) is 13.0. The van der Waals surface area contributed by atoms with Gasteiger partial charge in [-0.1, -0.05) is 18.2 Å². The van der Waals surface area contributed by atoms with Gasteiger partial charge in [-0.3, -0.25) is 0 Å². The topological polar surface area (TPSA) is 62.0 Å². The molecule has 0 atom stereocenters. The molecule has 3 aromatic rings. The molecule has 0 spiro atoms. The van der Waals surface area contributed by atoms with Crippen molar-refractivity contribution in [2.75, 3.05) is 6.54 Å². The summed E-state index contributed by atoms with van der Waals surface area (Å²) < 4.78 is 41.1. The Morgan fingerprint density at radius 1 is 1.12 bits per heavy atom. The van der Waals surface area contributed by atoms with Gasteiger partial charge in [0.2, 0.25) is 10.0 Å². The maximum absolute atomic E-state index is 13.6. The Hall–Kier alpha value is -2.18. The van der Waals surface area contributed by atoms with Crippen molar-refractivity contribution >= 4 is 20.9 Å². The number of benzene rings is 2. The summed E-state index contributed by atoms with van der Waals surface area (Å²) in [6.45, 7) is 0.313. The lowest BCUT2D eigenvalue weighted by atomic mass is 9.96. The molecule has 1 aliphatic carbocycles. The Morgan fingerprint density at radius 2 is 1.88 bits per heavy atom. The van der Waals surface area contributed by atoms with Crippen molar-refractivity contribution in [3.63, 3.8) is 0 Å². The van der Waals surface area contributed by atoms with Gasteiger partial charge in [0.1, 0.15) is 5.82 Å². The second-order valence-electron chi connectivity index (χ2n) is 6.31. The zero-order valence-electron chi connectivity index (χ0n) is 12.9. The molecule has 1 aromatic heterocycles. The second kappa shape index (κ2) is 5.43. The molecule has 0 saturated heterocycles. The summed E-state index contributed by atoms with van der Waals surface area (Å²) in [7, 11) is -3.54. The highest BCUT2D eigenvalue weighted by Crippen LogP contribution is 2.50. The standard InChI is InChI=1S/C18H17FN2O2S/c19-13-6-7-17-15(10-13)16(11-20-17)18(8-9-18)12-21-24(22,23)14-4-2-1-3-5-14/h1-7,10-11,20-21H,8-9,12H2. The average Bonchev–Trinajstić information content (AvgIpc) is 3.26. The van der Waals surface area contributed by atoms with Gasteiger partial charge in [-0.2, -0.15) is 0 Å². The van der Waals surface area contributed by atoms with E-state index in [4.69, 9.17) is 0 Å². The molecule has 24 heavy (non-hydrogen) atoms. The lowest BCUT2D eigenvalue weighted by Gasteiger charge is -2.16. The molecule has 0 aliphatic heterocycles. The van der Waals surface area contributed by atoms with Crippen LogP contribution in [-0.4, -0.2) is 19.9 Å². The van der Waals surface area contributed by atoms with E-state index in [9.17, 15) is 12.8 Å². The minimum atomic E-state index is -3.54. The number of hydrogen-bond donors (Lipinski definition) is 2. The third-order valence-corrected chi connectivity index (χ3v) is 6.14. The first kappa shape index (κ1) is 15.4. The fourth-order valence-corrected chi connectivity index (χ4v) is 4.29. The largest absolute Gasteiger partial charge is 0.361 e. The fraction of sp³-hybridized carbons (Fsp3) is 0.222. The van der Waals surface area contributed by atoms with Gasteiger partial charge >= 0.3 is 0 Å². The molecular weight excluding hydrogens is 327 g/mol. The van der Waals surface area contributed by atoms with Gasteiger partial charge in [-0.05, 0) is 48.7 Å². The molecule has 2 aromatic carbocycles. The van der Waals surface area contributed by atoms with Gasteiger partial charge < -0.3 is 4.98 Å². The Kier molecular flexibility index (Phi) is 3.47. The summed E-state index contributed by atoms with van der Waals surface area (Å²) >= 11 is 0. The van der Waals surface area contributed by atoms with Crippen molar-refractivity contribution in [3.8, 4) is 0 Å². The highest BCUT2D eigenvalue weighted by atomic mass is 32.2. The van der Waals surface area contributed by atoms with E-state index in [1.807, 2.05) is 6.20 Å². The lowest BCUT2D eigenvalue weighted by molar-refractivity contribution is 0.567. The molecule has 4 rings (SSSR count). The zero-order chi connectivity index (χ0) is 16.8. The summed E-state index contributed by atoms with van der Waals surface area (Å²) in [5.41, 5.74) is 1.59. The number of aromatic amines is 1. The molecule has 6 heteroatoms. The second-order valence-corrected chi connectivity index (χ2v) is 8.08. The van der Waals surface area contributed by atoms with Gasteiger partial charge in [0.25, 0.3) is 0 Å². The number of sulfonamides is 1. The Morgan fingerprint density at radius 3 is 2.58 bits per heavy atom. The van der Waals surface area contributed by atoms with Crippen LogP contribution in [0.4, 0.5) is 4.39 Å². The molecule has 0 radical (unpaired) electrons. The minimum absolute atomic E-state index is 0.255. The number of halogens is 1. The molecule has 124 valence electrons. The first-order chi connectivity index (χ1) is 11.5. The van der Waals surface area contributed by atoms with Crippen LogP contribution < -0.4 is 4.72 Å². The van der Waals surface area contributed by atoms with E-state index in [1.54, 1.807) is 36.4 Å². The van der Waals surface area contributed by atoms with Gasteiger partial charge in [0.15, 0.2) is 0 Å². The van der Waals surface area contributed by atoms with Gasteiger partial charge in [-0.15, -0.1) is 0 Å². The first-order valence-electron chi connectivity index (χ1n) is 7.82. The molecule has 0 amide bonds. The molecule has 2 N–H and O–H groups in total. The van der Waals surface area contributed by atoms with E-state index in [-0.39, 0.29) is 16.1 Å². The molecule has 0 unspecified atom stereocenters. The van der Waals surface area contributed by atoms with Crippen LogP contribution in [0.3, 0.4) is 0 Å². The molecule has 1 aliphatic rings. The quantitative estimate of drug-likeness (QED) is 0.746. The third-order valence-electron chi connectivity index (χ3n) is 4.72. The first-order valence-corrected chi connectivity index (χ1v) is 9.30. The van der Waals surface area contributed by atoms with Crippen LogP contribution in [0.25, 0.3) is 10.9 Å². The number of hydrogen-bond acceptors (Lipinski definition) is 2. The van der Waals surface area contributed by atoms with Crippen molar-refractivity contribution < 1.29 is 12.8 Å². The average molecular weight is 344 g/mol. The summed E-state index contributed by atoms with van der Waals surface area (Å²) in [5, 5.41) is 0.825. The van der Waals surface area contributed by atoms with Crippen molar-refractivity contribution in [2.45, 2.75) is 23.2 Å². The van der Waals surface area contributed by atoms with Crippen molar-refractivity contribution in [1.29, 1.82) is 0 Å². The summed E-state index contributed by atoms with van der Waals surface area (Å²) in [6.07, 6.45) is 3.63. The smallest absolute Gasteiger partial charge is 0.240 e. The van der Waals surface area contributed by atoms with E-state index in [2.05, 4.69) is 9.71 Å². The predicted octanol–water partition coefficient (Wildman–Crippen LogP) is 3.32. The summed E-state index contributed by atoms with van der Waals surface area (Å²) in [4.78, 5) is 3.40. The molecule has 0 bridgehead atoms. The maximum Gasteiger partial charge on any atom is 0.240 e. The number of rotatable bonds is 5. The third kappa shape index (κ3) is 2.61. The van der Waals surface area contributed by atoms with E-state index in [0.29, 0.717) is 6.54 Å². The minimum Gasteiger partial charge on any atom is -0.361 e. The normalized spacial score (nSPS) is 16.4. The van der Waals surface area contributed by atoms with Gasteiger partial charge in [0.05, 0.1) is 4.90 Å². The number of aromatic nitrogens is 1. The molecular formula is C18H17FN2O2S. The lowest BCUT2D eigenvalue weighted by Crippen LogP contribution is -2.32. The highest BCUT2D eigenvalue weighted by Gasteiger charge is 2.46. The predicted molar refractivity (Wildman–Crippen MR) is 90.8 cm³/mol. The highest BCUT2D eigenvalue weighted by molar-refractivity contribution is 7.89. The van der Waals surface area contributed by atoms with Crippen molar-refractivity contribution in [3.05, 3.63) is 66.1 Å². The zero-order valence-corrected chi connectivity index (χ0v) is 13.7. The maximum atomic E-state index is 13.6. The Balaban J connectivity index is 1.61. The SMILES string of the molecule is O=S(=O)(NCC1(c2c[nH]c3ccc(F)cc23)CC1)c1ccccc1. The van der Waals surface area contributed by atoms with Crippen molar-refractivity contribution in [1.82, 2.24) is 9.71 Å².